The van der Waals surface area contributed by atoms with Gasteiger partial charge in [0.05, 0.1) is 12.0 Å². The van der Waals surface area contributed by atoms with Crippen molar-refractivity contribution in [3.05, 3.63) is 40.8 Å². The molecule has 0 aliphatic carbocycles. The molecule has 1 aliphatic rings. The number of fused-ring (bicyclic) bond motifs is 1. The summed E-state index contributed by atoms with van der Waals surface area (Å²) in [6.07, 6.45) is 3.44. The number of hydrogen-bond acceptors (Lipinski definition) is 3. The Morgan fingerprint density at radius 3 is 3.24 bits per heavy atom. The van der Waals surface area contributed by atoms with Gasteiger partial charge in [0.1, 0.15) is 11.6 Å². The van der Waals surface area contributed by atoms with Gasteiger partial charge in [-0.1, -0.05) is 11.6 Å². The third-order valence-electron chi connectivity index (χ3n) is 3.08. The van der Waals surface area contributed by atoms with Gasteiger partial charge < -0.3 is 14.3 Å². The Labute approximate surface area is 105 Å². The molecule has 0 saturated carbocycles. The molecule has 5 heteroatoms. The molecule has 0 radical (unpaired) electrons. The van der Waals surface area contributed by atoms with Crippen molar-refractivity contribution in [3.63, 3.8) is 0 Å². The van der Waals surface area contributed by atoms with Crippen molar-refractivity contribution < 1.29 is 4.42 Å². The molecule has 3 rings (SSSR count). The topological polar surface area (TPSA) is 43.0 Å². The van der Waals surface area contributed by atoms with Crippen LogP contribution in [0.5, 0.6) is 0 Å². The number of hydrogen-bond donors (Lipinski definition) is 1. The van der Waals surface area contributed by atoms with Crippen LogP contribution in [0.4, 0.5) is 0 Å². The maximum Gasteiger partial charge on any atom is 0.151 e. The standard InChI is InChI=1S/C12H14ClN3O/c13-12-10-8-14-5-6-16(10)11(15-12)4-3-9-2-1-7-17-9/h1-2,7,14H,3-6,8H2. The van der Waals surface area contributed by atoms with Gasteiger partial charge >= 0.3 is 0 Å². The molecule has 2 aromatic heterocycles. The van der Waals surface area contributed by atoms with Crippen molar-refractivity contribution in [2.24, 2.45) is 0 Å². The number of nitrogens with one attached hydrogen (secondary N) is 1. The summed E-state index contributed by atoms with van der Waals surface area (Å²) in [4.78, 5) is 4.44. The Bertz CT molecular complexity index is 504. The van der Waals surface area contributed by atoms with Gasteiger partial charge in [-0.2, -0.15) is 0 Å². The smallest absolute Gasteiger partial charge is 0.151 e. The molecule has 2 aromatic rings. The van der Waals surface area contributed by atoms with E-state index in [1.807, 2.05) is 12.1 Å². The minimum Gasteiger partial charge on any atom is -0.469 e. The quantitative estimate of drug-likeness (QED) is 0.908. The minimum atomic E-state index is 0.631. The van der Waals surface area contributed by atoms with Gasteiger partial charge in [-0.25, -0.2) is 4.98 Å². The fraction of sp³-hybridized carbons (Fsp3) is 0.417. The Morgan fingerprint density at radius 1 is 1.47 bits per heavy atom. The predicted molar refractivity (Wildman–Crippen MR) is 65.1 cm³/mol. The molecule has 1 aliphatic heterocycles. The third-order valence-corrected chi connectivity index (χ3v) is 3.39. The lowest BCUT2D eigenvalue weighted by Crippen LogP contribution is -2.28. The summed E-state index contributed by atoms with van der Waals surface area (Å²) in [6, 6.07) is 3.90. The van der Waals surface area contributed by atoms with E-state index in [0.717, 1.165) is 49.8 Å². The molecule has 3 heterocycles. The van der Waals surface area contributed by atoms with Gasteiger partial charge in [0.15, 0.2) is 5.15 Å². The number of rotatable bonds is 3. The van der Waals surface area contributed by atoms with E-state index < -0.39 is 0 Å². The Morgan fingerprint density at radius 2 is 2.41 bits per heavy atom. The number of halogens is 1. The van der Waals surface area contributed by atoms with E-state index in [-0.39, 0.29) is 0 Å². The van der Waals surface area contributed by atoms with Crippen LogP contribution < -0.4 is 5.32 Å². The number of aromatic nitrogens is 2. The normalized spacial score (nSPS) is 14.9. The lowest BCUT2D eigenvalue weighted by molar-refractivity contribution is 0.484. The summed E-state index contributed by atoms with van der Waals surface area (Å²) in [5, 5.41) is 3.93. The maximum atomic E-state index is 6.13. The third kappa shape index (κ3) is 2.10. The summed E-state index contributed by atoms with van der Waals surface area (Å²) in [7, 11) is 0. The fourth-order valence-electron chi connectivity index (χ4n) is 2.22. The first-order chi connectivity index (χ1) is 8.34. The summed E-state index contributed by atoms with van der Waals surface area (Å²) in [5.41, 5.74) is 1.10. The minimum absolute atomic E-state index is 0.631. The van der Waals surface area contributed by atoms with Crippen LogP contribution >= 0.6 is 11.6 Å². The highest BCUT2D eigenvalue weighted by Crippen LogP contribution is 2.20. The molecule has 0 bridgehead atoms. The van der Waals surface area contributed by atoms with E-state index in [9.17, 15) is 0 Å². The summed E-state index contributed by atoms with van der Waals surface area (Å²) >= 11 is 6.13. The van der Waals surface area contributed by atoms with E-state index in [0.29, 0.717) is 5.15 Å². The molecule has 0 amide bonds. The Balaban J connectivity index is 1.79. The molecule has 0 atom stereocenters. The zero-order chi connectivity index (χ0) is 11.7. The van der Waals surface area contributed by atoms with Crippen LogP contribution in [0.2, 0.25) is 5.15 Å². The summed E-state index contributed by atoms with van der Waals surface area (Å²) in [6.45, 7) is 2.74. The molecule has 90 valence electrons. The zero-order valence-corrected chi connectivity index (χ0v) is 10.2. The summed E-state index contributed by atoms with van der Waals surface area (Å²) < 4.78 is 7.55. The van der Waals surface area contributed by atoms with Gasteiger partial charge in [-0.3, -0.25) is 0 Å². The van der Waals surface area contributed by atoms with Crippen molar-refractivity contribution in [1.29, 1.82) is 0 Å². The largest absolute Gasteiger partial charge is 0.469 e. The van der Waals surface area contributed by atoms with Crippen molar-refractivity contribution in [3.8, 4) is 0 Å². The highest BCUT2D eigenvalue weighted by molar-refractivity contribution is 6.30. The average molecular weight is 252 g/mol. The molecule has 1 N–H and O–H groups in total. The molecule has 0 spiro atoms. The van der Waals surface area contributed by atoms with Gasteiger partial charge in [0, 0.05) is 32.5 Å². The predicted octanol–water partition coefficient (Wildman–Crippen LogP) is 2.02. The Kier molecular flexibility index (Phi) is 2.91. The molecule has 4 nitrogen and oxygen atoms in total. The SMILES string of the molecule is Clc1nc(CCc2ccco2)n2c1CNCC2. The highest BCUT2D eigenvalue weighted by Gasteiger charge is 2.18. The van der Waals surface area contributed by atoms with Crippen molar-refractivity contribution in [2.45, 2.75) is 25.9 Å². The van der Waals surface area contributed by atoms with Gasteiger partial charge in [-0.15, -0.1) is 0 Å². The first-order valence-electron chi connectivity index (χ1n) is 5.81. The van der Waals surface area contributed by atoms with E-state index >= 15 is 0 Å². The van der Waals surface area contributed by atoms with Crippen LogP contribution in [0.3, 0.4) is 0 Å². The van der Waals surface area contributed by atoms with Gasteiger partial charge in [0.25, 0.3) is 0 Å². The number of imidazole rings is 1. The monoisotopic (exact) mass is 251 g/mol. The lowest BCUT2D eigenvalue weighted by Gasteiger charge is -2.17. The molecular formula is C12H14ClN3O. The highest BCUT2D eigenvalue weighted by atomic mass is 35.5. The zero-order valence-electron chi connectivity index (χ0n) is 9.45. The molecule has 17 heavy (non-hydrogen) atoms. The second-order valence-corrected chi connectivity index (χ2v) is 4.53. The van der Waals surface area contributed by atoms with Crippen LogP contribution in [0.25, 0.3) is 0 Å². The van der Waals surface area contributed by atoms with Crippen molar-refractivity contribution in [2.75, 3.05) is 6.54 Å². The maximum absolute atomic E-state index is 6.13. The van der Waals surface area contributed by atoms with Crippen molar-refractivity contribution >= 4 is 11.6 Å². The van der Waals surface area contributed by atoms with Gasteiger partial charge in [0.2, 0.25) is 0 Å². The Hall–Kier alpha value is -1.26. The first-order valence-corrected chi connectivity index (χ1v) is 6.19. The van der Waals surface area contributed by atoms with Crippen molar-refractivity contribution in [1.82, 2.24) is 14.9 Å². The second kappa shape index (κ2) is 4.55. The van der Waals surface area contributed by atoms with Crippen LogP contribution in [0.1, 0.15) is 17.3 Å². The lowest BCUT2D eigenvalue weighted by atomic mass is 10.2. The molecule has 0 unspecified atom stereocenters. The number of furan rings is 1. The second-order valence-electron chi connectivity index (χ2n) is 4.17. The van der Waals surface area contributed by atoms with E-state index in [4.69, 9.17) is 16.0 Å². The number of nitrogens with zero attached hydrogens (tertiary/aromatic N) is 2. The van der Waals surface area contributed by atoms with E-state index in [2.05, 4.69) is 14.9 Å². The van der Waals surface area contributed by atoms with E-state index in [1.54, 1.807) is 6.26 Å². The molecule has 0 saturated heterocycles. The number of aryl methyl sites for hydroxylation is 2. The van der Waals surface area contributed by atoms with Crippen LogP contribution in [0.15, 0.2) is 22.8 Å². The fourth-order valence-corrected chi connectivity index (χ4v) is 2.48. The molecule has 0 fully saturated rings. The summed E-state index contributed by atoms with van der Waals surface area (Å²) in [5.74, 6) is 2.05. The molecule has 0 aromatic carbocycles. The average Bonchev–Trinajstić information content (AvgIpc) is 2.96. The van der Waals surface area contributed by atoms with Crippen LogP contribution in [-0.2, 0) is 25.9 Å². The van der Waals surface area contributed by atoms with Crippen LogP contribution in [-0.4, -0.2) is 16.1 Å². The van der Waals surface area contributed by atoms with Crippen LogP contribution in [0, 0.1) is 0 Å². The van der Waals surface area contributed by atoms with Gasteiger partial charge in [-0.05, 0) is 12.1 Å². The van der Waals surface area contributed by atoms with E-state index in [1.165, 1.54) is 0 Å². The molecular weight excluding hydrogens is 238 g/mol. The first kappa shape index (κ1) is 10.9.